The first-order valence-electron chi connectivity index (χ1n) is 11.2. The quantitative estimate of drug-likeness (QED) is 0.129. The molecule has 4 rings (SSSR count). The summed E-state index contributed by atoms with van der Waals surface area (Å²) >= 11 is 0. The number of unbranched alkanes of at least 4 members (excludes halogenated alkanes) is 1. The van der Waals surface area contributed by atoms with Crippen molar-refractivity contribution in [2.45, 2.75) is 46.0 Å². The molecule has 17 nitrogen and oxygen atoms in total. The average Bonchev–Trinajstić information content (AvgIpc) is 3.62. The molecule has 188 valence electrons. The van der Waals surface area contributed by atoms with Crippen molar-refractivity contribution in [2.75, 3.05) is 24.8 Å². The lowest BCUT2D eigenvalue weighted by Gasteiger charge is -2.03. The average molecular weight is 494 g/mol. The van der Waals surface area contributed by atoms with Gasteiger partial charge in [0.05, 0.1) is 25.4 Å². The van der Waals surface area contributed by atoms with E-state index in [1.165, 1.54) is 27.0 Å². The number of allylic oxidation sites excluding steroid dienone is 2. The number of rotatable bonds is 11. The third-order valence-corrected chi connectivity index (χ3v) is 5.17. The number of hydrogen-bond donors (Lipinski definition) is 2. The number of aromatic amines is 1. The molecule has 0 unspecified atom stereocenters. The standard InChI is InChI=1S/C19H27N17/c1-5-12(2)8-6-7-9-13-11-35(33-24-13)17-22-14(25-28-17)10-15-26-29-19(30-27-15)36-16(20)23-18(31-36)34(4)32-21-3/h5,11H,6-10H2,1-4H3,(H2,20,23,31)(H,22,25,28)/b12-5+,32-21?. The van der Waals surface area contributed by atoms with Crippen LogP contribution in [-0.2, 0) is 12.8 Å². The predicted molar refractivity (Wildman–Crippen MR) is 127 cm³/mol. The first-order valence-corrected chi connectivity index (χ1v) is 11.2. The Bertz CT molecular complexity index is 1330. The Hall–Kier alpha value is -4.70. The van der Waals surface area contributed by atoms with E-state index in [1.54, 1.807) is 7.05 Å². The van der Waals surface area contributed by atoms with Gasteiger partial charge in [0.1, 0.15) is 5.82 Å². The lowest BCUT2D eigenvalue weighted by molar-refractivity contribution is 0.692. The van der Waals surface area contributed by atoms with Crippen LogP contribution in [0.15, 0.2) is 28.2 Å². The molecule has 4 aromatic rings. The maximum atomic E-state index is 5.90. The van der Waals surface area contributed by atoms with Crippen molar-refractivity contribution in [3.63, 3.8) is 0 Å². The summed E-state index contributed by atoms with van der Waals surface area (Å²) in [6, 6.07) is 0. The number of anilines is 2. The fourth-order valence-electron chi connectivity index (χ4n) is 3.15. The van der Waals surface area contributed by atoms with Gasteiger partial charge in [0.15, 0.2) is 5.82 Å². The summed E-state index contributed by atoms with van der Waals surface area (Å²) < 4.78 is 2.74. The van der Waals surface area contributed by atoms with Crippen molar-refractivity contribution in [3.8, 4) is 11.9 Å². The number of aromatic nitrogens is 13. The fraction of sp³-hybridized carbons (Fsp3) is 0.474. The monoisotopic (exact) mass is 493 g/mol. The second-order valence-corrected chi connectivity index (χ2v) is 7.87. The van der Waals surface area contributed by atoms with Gasteiger partial charge in [-0.15, -0.1) is 35.7 Å². The van der Waals surface area contributed by atoms with Gasteiger partial charge in [0, 0.05) is 7.05 Å². The number of H-pyrrole nitrogens is 1. The molecular weight excluding hydrogens is 466 g/mol. The van der Waals surface area contributed by atoms with Crippen LogP contribution < -0.4 is 10.7 Å². The summed E-state index contributed by atoms with van der Waals surface area (Å²) in [6.45, 7) is 4.21. The molecule has 0 bridgehead atoms. The van der Waals surface area contributed by atoms with E-state index in [0.717, 1.165) is 31.4 Å². The Morgan fingerprint density at radius 1 is 1.14 bits per heavy atom. The molecule has 17 heteroatoms. The van der Waals surface area contributed by atoms with Crippen molar-refractivity contribution in [1.82, 2.24) is 65.3 Å². The molecule has 0 aromatic carbocycles. The maximum Gasteiger partial charge on any atom is 0.292 e. The second-order valence-electron chi connectivity index (χ2n) is 7.87. The summed E-state index contributed by atoms with van der Waals surface area (Å²) in [7, 11) is 3.16. The maximum absolute atomic E-state index is 5.90. The van der Waals surface area contributed by atoms with E-state index in [4.69, 9.17) is 5.73 Å². The molecule has 0 aliphatic carbocycles. The van der Waals surface area contributed by atoms with Gasteiger partial charge in [0.2, 0.25) is 5.95 Å². The molecule has 3 N–H and O–H groups in total. The first-order chi connectivity index (χ1) is 17.5. The minimum atomic E-state index is 0.0551. The summed E-state index contributed by atoms with van der Waals surface area (Å²) in [5, 5.41) is 44.6. The van der Waals surface area contributed by atoms with E-state index in [9.17, 15) is 0 Å². The highest BCUT2D eigenvalue weighted by atomic mass is 15.6. The number of aryl methyl sites for hydroxylation is 1. The number of nitrogens with zero attached hydrogens (tertiary/aromatic N) is 15. The van der Waals surface area contributed by atoms with Crippen molar-refractivity contribution < 1.29 is 0 Å². The molecule has 0 amide bonds. The summed E-state index contributed by atoms with van der Waals surface area (Å²) in [4.78, 5) is 8.52. The van der Waals surface area contributed by atoms with Crippen LogP contribution in [-0.4, -0.2) is 79.4 Å². The molecule has 0 fully saturated rings. The van der Waals surface area contributed by atoms with E-state index < -0.39 is 0 Å². The van der Waals surface area contributed by atoms with Gasteiger partial charge in [-0.25, -0.2) is 5.01 Å². The van der Waals surface area contributed by atoms with Gasteiger partial charge in [-0.3, -0.25) is 5.10 Å². The van der Waals surface area contributed by atoms with Crippen LogP contribution in [0.5, 0.6) is 0 Å². The predicted octanol–water partition coefficient (Wildman–Crippen LogP) is 0.831. The van der Waals surface area contributed by atoms with Crippen LogP contribution in [0.1, 0.15) is 50.5 Å². The Morgan fingerprint density at radius 2 is 1.94 bits per heavy atom. The highest BCUT2D eigenvalue weighted by molar-refractivity contribution is 5.36. The molecule has 0 saturated heterocycles. The van der Waals surface area contributed by atoms with Crippen LogP contribution in [0.3, 0.4) is 0 Å². The molecule has 4 aromatic heterocycles. The van der Waals surface area contributed by atoms with Crippen molar-refractivity contribution in [2.24, 2.45) is 10.3 Å². The number of nitrogen functional groups attached to an aromatic ring is 1. The summed E-state index contributed by atoms with van der Waals surface area (Å²) in [5.74, 6) is 1.57. The number of nitrogens with two attached hydrogens (primary N) is 1. The van der Waals surface area contributed by atoms with Crippen LogP contribution in [0.2, 0.25) is 0 Å². The Kier molecular flexibility index (Phi) is 7.57. The molecule has 36 heavy (non-hydrogen) atoms. The summed E-state index contributed by atoms with van der Waals surface area (Å²) in [5.41, 5.74) is 8.19. The minimum Gasteiger partial charge on any atom is -0.368 e. The summed E-state index contributed by atoms with van der Waals surface area (Å²) in [6.07, 6.45) is 8.31. The van der Waals surface area contributed by atoms with Crippen molar-refractivity contribution >= 4 is 11.9 Å². The molecule has 0 radical (unpaired) electrons. The van der Waals surface area contributed by atoms with E-state index in [0.29, 0.717) is 17.6 Å². The largest absolute Gasteiger partial charge is 0.368 e. The molecule has 0 saturated carbocycles. The fourth-order valence-corrected chi connectivity index (χ4v) is 3.15. The molecule has 0 aliphatic heterocycles. The van der Waals surface area contributed by atoms with E-state index in [2.05, 4.69) is 86.2 Å². The lowest BCUT2D eigenvalue weighted by atomic mass is 10.1. The molecule has 0 spiro atoms. The van der Waals surface area contributed by atoms with E-state index in [-0.39, 0.29) is 24.3 Å². The van der Waals surface area contributed by atoms with Gasteiger partial charge in [-0.2, -0.15) is 24.4 Å². The highest BCUT2D eigenvalue weighted by Gasteiger charge is 2.16. The smallest absolute Gasteiger partial charge is 0.292 e. The van der Waals surface area contributed by atoms with Crippen LogP contribution in [0.25, 0.3) is 11.9 Å². The van der Waals surface area contributed by atoms with Gasteiger partial charge in [0.25, 0.3) is 17.8 Å². The third kappa shape index (κ3) is 5.86. The minimum absolute atomic E-state index is 0.0551. The highest BCUT2D eigenvalue weighted by Crippen LogP contribution is 2.13. The Morgan fingerprint density at radius 3 is 2.69 bits per heavy atom. The SMILES string of the molecule is C/C=C(\C)CCCCc1cn(-c2n[nH]c(Cc3nnc(-n4nc(N(C)N=NC)nc4N)nn3)n2)nn1. The van der Waals surface area contributed by atoms with Crippen molar-refractivity contribution in [3.05, 3.63) is 35.2 Å². The third-order valence-electron chi connectivity index (χ3n) is 5.17. The lowest BCUT2D eigenvalue weighted by Crippen LogP contribution is -2.13. The zero-order valence-electron chi connectivity index (χ0n) is 20.5. The Labute approximate surface area is 205 Å². The van der Waals surface area contributed by atoms with Crippen LogP contribution >= 0.6 is 0 Å². The molecule has 0 aliphatic rings. The zero-order valence-corrected chi connectivity index (χ0v) is 20.5. The topological polar surface area (TPSA) is 209 Å². The molecule has 4 heterocycles. The molecule has 0 atom stereocenters. The van der Waals surface area contributed by atoms with Gasteiger partial charge in [-0.05, 0) is 39.5 Å². The van der Waals surface area contributed by atoms with E-state index in [1.807, 2.05) is 6.20 Å². The van der Waals surface area contributed by atoms with Gasteiger partial charge in [-0.1, -0.05) is 22.1 Å². The van der Waals surface area contributed by atoms with Gasteiger partial charge >= 0.3 is 0 Å². The number of nitrogens with one attached hydrogen (secondary N) is 1. The number of hydrogen-bond acceptors (Lipinski definition) is 13. The van der Waals surface area contributed by atoms with E-state index >= 15 is 0 Å². The normalized spacial score (nSPS) is 12.1. The first kappa shape index (κ1) is 24.4. The van der Waals surface area contributed by atoms with Crippen LogP contribution in [0, 0.1) is 0 Å². The van der Waals surface area contributed by atoms with Crippen LogP contribution in [0.4, 0.5) is 11.9 Å². The Balaban J connectivity index is 1.36. The molecular formula is C19H27N17. The zero-order chi connectivity index (χ0) is 25.5. The van der Waals surface area contributed by atoms with Gasteiger partial charge < -0.3 is 5.73 Å². The van der Waals surface area contributed by atoms with Crippen molar-refractivity contribution in [1.29, 1.82) is 0 Å². The second kappa shape index (κ2) is 11.2.